The SMILES string of the molecule is CCc1cccc(NC(=O)C(=O)c2c3n(c4ccccc24)CCNCC3)c1. The van der Waals surface area contributed by atoms with Crippen molar-refractivity contribution in [2.45, 2.75) is 26.3 Å². The third kappa shape index (κ3) is 3.26. The normalized spacial score (nSPS) is 13.8. The van der Waals surface area contributed by atoms with E-state index in [1.54, 1.807) is 0 Å². The molecule has 1 aliphatic heterocycles. The summed E-state index contributed by atoms with van der Waals surface area (Å²) in [6, 6.07) is 15.5. The number of aromatic nitrogens is 1. The summed E-state index contributed by atoms with van der Waals surface area (Å²) in [7, 11) is 0. The molecule has 0 spiro atoms. The fourth-order valence-electron chi connectivity index (χ4n) is 3.82. The van der Waals surface area contributed by atoms with Gasteiger partial charge in [-0.3, -0.25) is 9.59 Å². The number of anilines is 1. The second kappa shape index (κ2) is 7.37. The maximum atomic E-state index is 13.1. The van der Waals surface area contributed by atoms with Crippen LogP contribution in [-0.4, -0.2) is 29.3 Å². The van der Waals surface area contributed by atoms with E-state index in [9.17, 15) is 9.59 Å². The summed E-state index contributed by atoms with van der Waals surface area (Å²) in [5.74, 6) is -1.05. The Bertz CT molecular complexity index is 1020. The third-order valence-electron chi connectivity index (χ3n) is 5.16. The summed E-state index contributed by atoms with van der Waals surface area (Å²) in [6.45, 7) is 4.51. The van der Waals surface area contributed by atoms with Gasteiger partial charge in [-0.15, -0.1) is 0 Å². The largest absolute Gasteiger partial charge is 0.343 e. The lowest BCUT2D eigenvalue weighted by Crippen LogP contribution is -2.24. The predicted molar refractivity (Wildman–Crippen MR) is 107 cm³/mol. The van der Waals surface area contributed by atoms with Crippen molar-refractivity contribution in [2.24, 2.45) is 0 Å². The lowest BCUT2D eigenvalue weighted by Gasteiger charge is -2.08. The highest BCUT2D eigenvalue weighted by Crippen LogP contribution is 2.28. The molecule has 5 heteroatoms. The minimum atomic E-state index is -0.584. The molecule has 0 saturated carbocycles. The van der Waals surface area contributed by atoms with Crippen molar-refractivity contribution in [2.75, 3.05) is 18.4 Å². The van der Waals surface area contributed by atoms with E-state index < -0.39 is 11.7 Å². The number of nitrogens with one attached hydrogen (secondary N) is 2. The van der Waals surface area contributed by atoms with Gasteiger partial charge < -0.3 is 15.2 Å². The third-order valence-corrected chi connectivity index (χ3v) is 5.16. The highest BCUT2D eigenvalue weighted by Gasteiger charge is 2.27. The quantitative estimate of drug-likeness (QED) is 0.554. The Balaban J connectivity index is 1.72. The Morgan fingerprint density at radius 2 is 1.96 bits per heavy atom. The molecule has 5 nitrogen and oxygen atoms in total. The van der Waals surface area contributed by atoms with Gasteiger partial charge >= 0.3 is 0 Å². The van der Waals surface area contributed by atoms with Crippen molar-refractivity contribution in [1.82, 2.24) is 9.88 Å². The van der Waals surface area contributed by atoms with E-state index >= 15 is 0 Å². The first-order chi connectivity index (χ1) is 13.2. The first-order valence-corrected chi connectivity index (χ1v) is 9.44. The summed E-state index contributed by atoms with van der Waals surface area (Å²) in [6.07, 6.45) is 1.61. The number of benzene rings is 2. The standard InChI is InChI=1S/C22H23N3O2/c1-2-15-6-5-7-16(14-15)24-22(27)21(26)20-17-8-3-4-9-18(17)25-13-12-23-11-10-19(20)25/h3-9,14,23H,2,10-13H2,1H3,(H,24,27). The van der Waals surface area contributed by atoms with Crippen LogP contribution in [0.1, 0.15) is 28.5 Å². The molecule has 1 aromatic heterocycles. The molecule has 4 rings (SSSR count). The van der Waals surface area contributed by atoms with Crippen LogP contribution in [0, 0.1) is 0 Å². The highest BCUT2D eigenvalue weighted by atomic mass is 16.2. The first kappa shape index (κ1) is 17.5. The summed E-state index contributed by atoms with van der Waals surface area (Å²) < 4.78 is 2.17. The van der Waals surface area contributed by atoms with E-state index in [4.69, 9.17) is 0 Å². The minimum absolute atomic E-state index is 0.469. The fourth-order valence-corrected chi connectivity index (χ4v) is 3.82. The monoisotopic (exact) mass is 361 g/mol. The van der Waals surface area contributed by atoms with Gasteiger partial charge in [-0.25, -0.2) is 0 Å². The maximum Gasteiger partial charge on any atom is 0.296 e. The number of hydrogen-bond donors (Lipinski definition) is 2. The number of para-hydroxylation sites is 1. The Labute approximate surface area is 158 Å². The number of fused-ring (bicyclic) bond motifs is 3. The zero-order valence-corrected chi connectivity index (χ0v) is 15.4. The van der Waals surface area contributed by atoms with Crippen molar-refractivity contribution < 1.29 is 9.59 Å². The van der Waals surface area contributed by atoms with Crippen LogP contribution in [0.25, 0.3) is 10.9 Å². The number of carbonyl (C=O) groups excluding carboxylic acids is 2. The van der Waals surface area contributed by atoms with Gasteiger partial charge in [-0.05, 0) is 30.2 Å². The van der Waals surface area contributed by atoms with Crippen molar-refractivity contribution in [1.29, 1.82) is 0 Å². The number of ketones is 1. The van der Waals surface area contributed by atoms with Crippen LogP contribution in [-0.2, 0) is 24.2 Å². The lowest BCUT2D eigenvalue weighted by atomic mass is 10.0. The Morgan fingerprint density at radius 1 is 1.11 bits per heavy atom. The number of aryl methyl sites for hydroxylation is 1. The molecule has 1 aliphatic rings. The molecule has 0 unspecified atom stereocenters. The zero-order chi connectivity index (χ0) is 18.8. The van der Waals surface area contributed by atoms with Gasteiger partial charge in [0.15, 0.2) is 0 Å². The molecular weight excluding hydrogens is 338 g/mol. The number of Topliss-reactive ketones (excluding diaryl/α,β-unsaturated/α-hetero) is 1. The van der Waals surface area contributed by atoms with Crippen LogP contribution in [0.15, 0.2) is 48.5 Å². The molecule has 0 atom stereocenters. The molecule has 2 heterocycles. The average Bonchev–Trinajstić information content (AvgIpc) is 2.83. The van der Waals surface area contributed by atoms with E-state index in [2.05, 4.69) is 22.1 Å². The van der Waals surface area contributed by atoms with Gasteiger partial charge in [0.1, 0.15) is 0 Å². The molecule has 2 N–H and O–H groups in total. The molecule has 0 radical (unpaired) electrons. The van der Waals surface area contributed by atoms with Crippen LogP contribution < -0.4 is 10.6 Å². The van der Waals surface area contributed by atoms with Crippen molar-refractivity contribution >= 4 is 28.3 Å². The highest BCUT2D eigenvalue weighted by molar-refractivity contribution is 6.48. The van der Waals surface area contributed by atoms with Gasteiger partial charge in [0.05, 0.1) is 5.56 Å². The van der Waals surface area contributed by atoms with E-state index in [-0.39, 0.29) is 0 Å². The topological polar surface area (TPSA) is 63.1 Å². The summed E-state index contributed by atoms with van der Waals surface area (Å²) in [5, 5.41) is 7.00. The second-order valence-electron chi connectivity index (χ2n) is 6.83. The van der Waals surface area contributed by atoms with Crippen LogP contribution in [0.3, 0.4) is 0 Å². The molecule has 0 fully saturated rings. The molecule has 1 amide bonds. The molecule has 27 heavy (non-hydrogen) atoms. The van der Waals surface area contributed by atoms with E-state index in [0.29, 0.717) is 11.3 Å². The van der Waals surface area contributed by atoms with Gasteiger partial charge in [0, 0.05) is 48.3 Å². The van der Waals surface area contributed by atoms with Gasteiger partial charge in [-0.2, -0.15) is 0 Å². The average molecular weight is 361 g/mol. The summed E-state index contributed by atoms with van der Waals surface area (Å²) >= 11 is 0. The van der Waals surface area contributed by atoms with Crippen molar-refractivity contribution in [3.63, 3.8) is 0 Å². The fraction of sp³-hybridized carbons (Fsp3) is 0.273. The van der Waals surface area contributed by atoms with E-state index in [1.165, 1.54) is 0 Å². The Morgan fingerprint density at radius 3 is 2.81 bits per heavy atom. The van der Waals surface area contributed by atoms with Crippen molar-refractivity contribution in [3.8, 4) is 0 Å². The van der Waals surface area contributed by atoms with Crippen LogP contribution in [0.2, 0.25) is 0 Å². The number of carbonyl (C=O) groups is 2. The summed E-state index contributed by atoms with van der Waals surface area (Å²) in [5.41, 5.74) is 4.28. The number of nitrogens with zero attached hydrogens (tertiary/aromatic N) is 1. The van der Waals surface area contributed by atoms with Gasteiger partial charge in [-0.1, -0.05) is 37.3 Å². The number of hydrogen-bond acceptors (Lipinski definition) is 3. The predicted octanol–water partition coefficient (Wildman–Crippen LogP) is 3.17. The smallest absolute Gasteiger partial charge is 0.296 e. The van der Waals surface area contributed by atoms with Crippen LogP contribution in [0.4, 0.5) is 5.69 Å². The molecule has 3 aromatic rings. The van der Waals surface area contributed by atoms with Gasteiger partial charge in [0.25, 0.3) is 11.7 Å². The van der Waals surface area contributed by atoms with E-state index in [0.717, 1.165) is 54.6 Å². The number of amides is 1. The van der Waals surface area contributed by atoms with Crippen molar-refractivity contribution in [3.05, 3.63) is 65.4 Å². The zero-order valence-electron chi connectivity index (χ0n) is 15.4. The molecule has 2 aromatic carbocycles. The minimum Gasteiger partial charge on any atom is -0.343 e. The molecule has 138 valence electrons. The summed E-state index contributed by atoms with van der Waals surface area (Å²) in [4.78, 5) is 25.9. The molecule has 0 aliphatic carbocycles. The van der Waals surface area contributed by atoms with Crippen LogP contribution in [0.5, 0.6) is 0 Å². The maximum absolute atomic E-state index is 13.1. The van der Waals surface area contributed by atoms with Crippen LogP contribution >= 0.6 is 0 Å². The van der Waals surface area contributed by atoms with Gasteiger partial charge in [0.2, 0.25) is 0 Å². The first-order valence-electron chi connectivity index (χ1n) is 9.44. The number of rotatable bonds is 4. The lowest BCUT2D eigenvalue weighted by molar-refractivity contribution is -0.112. The Hall–Kier alpha value is -2.92. The second-order valence-corrected chi connectivity index (χ2v) is 6.83. The molecule has 0 saturated heterocycles. The molecular formula is C22H23N3O2. The Kier molecular flexibility index (Phi) is 4.77. The van der Waals surface area contributed by atoms with E-state index in [1.807, 2.05) is 48.5 Å². The molecule has 0 bridgehead atoms.